The first kappa shape index (κ1) is 21.4. The van der Waals surface area contributed by atoms with Crippen molar-refractivity contribution in [2.75, 3.05) is 6.61 Å². The van der Waals surface area contributed by atoms with Crippen molar-refractivity contribution in [3.05, 3.63) is 83.6 Å². The van der Waals surface area contributed by atoms with Crippen LogP contribution in [0.15, 0.2) is 66.7 Å². The molecule has 0 radical (unpaired) electrons. The van der Waals surface area contributed by atoms with Crippen LogP contribution in [0, 0.1) is 6.92 Å². The van der Waals surface area contributed by atoms with Gasteiger partial charge in [-0.3, -0.25) is 4.79 Å². The second kappa shape index (κ2) is 10.4. The summed E-state index contributed by atoms with van der Waals surface area (Å²) in [5, 5.41) is 2.96. The molecule has 0 aliphatic carbocycles. The molecule has 5 nitrogen and oxygen atoms in total. The van der Waals surface area contributed by atoms with Crippen molar-refractivity contribution in [2.24, 2.45) is 0 Å². The number of ether oxygens (including phenoxy) is 1. The number of rotatable bonds is 9. The van der Waals surface area contributed by atoms with E-state index in [2.05, 4.69) is 9.88 Å². The van der Waals surface area contributed by atoms with E-state index in [4.69, 9.17) is 4.74 Å². The van der Waals surface area contributed by atoms with Gasteiger partial charge in [-0.15, -0.1) is 0 Å². The van der Waals surface area contributed by atoms with E-state index >= 15 is 0 Å². The highest BCUT2D eigenvalue weighted by molar-refractivity contribution is 5.92. The van der Waals surface area contributed by atoms with E-state index < -0.39 is 0 Å². The van der Waals surface area contributed by atoms with Crippen LogP contribution >= 0.6 is 0 Å². The Bertz CT molecular complexity index is 978. The average Bonchev–Trinajstić information content (AvgIpc) is 3.10. The van der Waals surface area contributed by atoms with E-state index in [0.29, 0.717) is 38.1 Å². The zero-order valence-electron chi connectivity index (χ0n) is 17.6. The summed E-state index contributed by atoms with van der Waals surface area (Å²) < 4.78 is 7.32. The van der Waals surface area contributed by atoms with Gasteiger partial charge in [0.05, 0.1) is 12.2 Å². The molecular formula is C25H28N2O3. The quantitative estimate of drug-likeness (QED) is 0.524. The van der Waals surface area contributed by atoms with Crippen molar-refractivity contribution in [1.82, 2.24) is 9.88 Å². The Labute approximate surface area is 177 Å². The van der Waals surface area contributed by atoms with Gasteiger partial charge in [0.15, 0.2) is 0 Å². The third-order valence-electron chi connectivity index (χ3n) is 5.05. The monoisotopic (exact) mass is 404 g/mol. The molecule has 0 spiro atoms. The lowest BCUT2D eigenvalue weighted by Crippen LogP contribution is -2.22. The van der Waals surface area contributed by atoms with E-state index in [1.54, 1.807) is 6.92 Å². The maximum atomic E-state index is 12.4. The zero-order valence-corrected chi connectivity index (χ0v) is 17.6. The second-order valence-electron chi connectivity index (χ2n) is 7.13. The van der Waals surface area contributed by atoms with Crippen LogP contribution in [0.3, 0.4) is 0 Å². The minimum absolute atomic E-state index is 0.0236. The molecule has 0 fully saturated rings. The van der Waals surface area contributed by atoms with Gasteiger partial charge in [-0.25, -0.2) is 4.79 Å². The first-order chi connectivity index (χ1) is 14.6. The molecule has 2 aromatic carbocycles. The molecule has 1 aromatic heterocycles. The van der Waals surface area contributed by atoms with Crippen LogP contribution in [0.1, 0.15) is 41.4 Å². The van der Waals surface area contributed by atoms with Gasteiger partial charge in [-0.05, 0) is 37.5 Å². The van der Waals surface area contributed by atoms with E-state index in [9.17, 15) is 9.59 Å². The summed E-state index contributed by atoms with van der Waals surface area (Å²) in [6.45, 7) is 5.25. The highest BCUT2D eigenvalue weighted by atomic mass is 16.5. The van der Waals surface area contributed by atoms with Gasteiger partial charge in [0.1, 0.15) is 0 Å². The molecule has 0 bridgehead atoms. The number of nitrogens with zero attached hydrogens (tertiary/aromatic N) is 1. The molecule has 0 saturated heterocycles. The Morgan fingerprint density at radius 1 is 1.00 bits per heavy atom. The normalized spacial score (nSPS) is 10.6. The summed E-state index contributed by atoms with van der Waals surface area (Å²) in [5.74, 6) is -0.290. The number of esters is 1. The summed E-state index contributed by atoms with van der Waals surface area (Å²) in [7, 11) is 0. The predicted octanol–water partition coefficient (Wildman–Crippen LogP) is 4.74. The largest absolute Gasteiger partial charge is 0.462 e. The van der Waals surface area contributed by atoms with Gasteiger partial charge >= 0.3 is 5.97 Å². The van der Waals surface area contributed by atoms with E-state index in [0.717, 1.165) is 22.5 Å². The minimum Gasteiger partial charge on any atom is -0.462 e. The smallest absolute Gasteiger partial charge is 0.339 e. The summed E-state index contributed by atoms with van der Waals surface area (Å²) in [6.07, 6.45) is 1.10. The van der Waals surface area contributed by atoms with Crippen LogP contribution in [0.4, 0.5) is 0 Å². The highest BCUT2D eigenvalue weighted by Crippen LogP contribution is 2.27. The number of carbonyl (C=O) groups excluding carboxylic acids is 2. The fourth-order valence-electron chi connectivity index (χ4n) is 3.48. The maximum Gasteiger partial charge on any atom is 0.339 e. The SMILES string of the molecule is CCOC(=O)c1cc(-c2ccccc2)n(CCCC(=O)NCc2ccccc2)c1C. The lowest BCUT2D eigenvalue weighted by Gasteiger charge is -2.12. The lowest BCUT2D eigenvalue weighted by atomic mass is 10.1. The molecule has 5 heteroatoms. The van der Waals surface area contributed by atoms with Crippen molar-refractivity contribution in [3.63, 3.8) is 0 Å². The molecule has 3 aromatic rings. The van der Waals surface area contributed by atoms with Gasteiger partial charge in [0, 0.05) is 30.9 Å². The Morgan fingerprint density at radius 2 is 1.67 bits per heavy atom. The van der Waals surface area contributed by atoms with Crippen LogP contribution in [0.25, 0.3) is 11.3 Å². The molecule has 3 rings (SSSR count). The van der Waals surface area contributed by atoms with Crippen LogP contribution in [-0.4, -0.2) is 23.1 Å². The van der Waals surface area contributed by atoms with Crippen molar-refractivity contribution >= 4 is 11.9 Å². The van der Waals surface area contributed by atoms with Gasteiger partial charge in [-0.1, -0.05) is 60.7 Å². The number of carbonyl (C=O) groups is 2. The highest BCUT2D eigenvalue weighted by Gasteiger charge is 2.19. The zero-order chi connectivity index (χ0) is 21.3. The molecule has 0 aliphatic heterocycles. The molecule has 0 aliphatic rings. The number of amides is 1. The third-order valence-corrected chi connectivity index (χ3v) is 5.05. The number of aromatic nitrogens is 1. The number of hydrogen-bond donors (Lipinski definition) is 1. The number of nitrogens with one attached hydrogen (secondary N) is 1. The summed E-state index contributed by atoms with van der Waals surface area (Å²) in [6, 6.07) is 21.7. The van der Waals surface area contributed by atoms with Gasteiger partial charge in [0.25, 0.3) is 0 Å². The van der Waals surface area contributed by atoms with Crippen LogP contribution in [0.2, 0.25) is 0 Å². The van der Waals surface area contributed by atoms with Crippen molar-refractivity contribution < 1.29 is 14.3 Å². The molecule has 0 unspecified atom stereocenters. The maximum absolute atomic E-state index is 12.4. The molecule has 30 heavy (non-hydrogen) atoms. The fourth-order valence-corrected chi connectivity index (χ4v) is 3.48. The van der Waals surface area contributed by atoms with Gasteiger partial charge in [0.2, 0.25) is 5.91 Å². The first-order valence-corrected chi connectivity index (χ1v) is 10.3. The fraction of sp³-hybridized carbons (Fsp3) is 0.280. The minimum atomic E-state index is -0.313. The molecule has 0 atom stereocenters. The van der Waals surface area contributed by atoms with Crippen molar-refractivity contribution in [3.8, 4) is 11.3 Å². The molecule has 1 N–H and O–H groups in total. The summed E-state index contributed by atoms with van der Waals surface area (Å²) >= 11 is 0. The Morgan fingerprint density at radius 3 is 2.33 bits per heavy atom. The molecular weight excluding hydrogens is 376 g/mol. The standard InChI is InChI=1S/C25H28N2O3/c1-3-30-25(29)22-17-23(21-13-8-5-9-14-21)27(19(22)2)16-10-15-24(28)26-18-20-11-6-4-7-12-20/h4-9,11-14,17H,3,10,15-16,18H2,1-2H3,(H,26,28). The Hall–Kier alpha value is -3.34. The number of hydrogen-bond acceptors (Lipinski definition) is 3. The summed E-state index contributed by atoms with van der Waals surface area (Å²) in [4.78, 5) is 24.6. The third kappa shape index (κ3) is 5.38. The molecule has 1 heterocycles. The van der Waals surface area contributed by atoms with Gasteiger partial charge in [-0.2, -0.15) is 0 Å². The average molecular weight is 405 g/mol. The lowest BCUT2D eigenvalue weighted by molar-refractivity contribution is -0.121. The first-order valence-electron chi connectivity index (χ1n) is 10.3. The van der Waals surface area contributed by atoms with E-state index in [-0.39, 0.29) is 11.9 Å². The van der Waals surface area contributed by atoms with E-state index in [1.165, 1.54) is 0 Å². The van der Waals surface area contributed by atoms with Crippen LogP contribution in [0.5, 0.6) is 0 Å². The second-order valence-corrected chi connectivity index (χ2v) is 7.13. The van der Waals surface area contributed by atoms with E-state index in [1.807, 2.05) is 73.7 Å². The Kier molecular flexibility index (Phi) is 7.44. The Balaban J connectivity index is 1.68. The summed E-state index contributed by atoms with van der Waals surface area (Å²) in [5.41, 5.74) is 4.50. The van der Waals surface area contributed by atoms with Crippen LogP contribution in [-0.2, 0) is 22.6 Å². The van der Waals surface area contributed by atoms with Gasteiger partial charge < -0.3 is 14.6 Å². The molecule has 0 saturated carbocycles. The number of benzene rings is 2. The molecule has 1 amide bonds. The predicted molar refractivity (Wildman–Crippen MR) is 118 cm³/mol. The van der Waals surface area contributed by atoms with Crippen LogP contribution < -0.4 is 5.32 Å². The topological polar surface area (TPSA) is 60.3 Å². The van der Waals surface area contributed by atoms with Crippen molar-refractivity contribution in [2.45, 2.75) is 39.8 Å². The van der Waals surface area contributed by atoms with Crippen molar-refractivity contribution in [1.29, 1.82) is 0 Å². The molecule has 156 valence electrons.